The molecule has 0 saturated heterocycles. The van der Waals surface area contributed by atoms with Crippen molar-refractivity contribution in [2.45, 2.75) is 6.42 Å². The largest absolute Gasteiger partial charge is 0.197 e. The summed E-state index contributed by atoms with van der Waals surface area (Å²) < 4.78 is 0. The summed E-state index contributed by atoms with van der Waals surface area (Å²) in [4.78, 5) is 0. The topological polar surface area (TPSA) is 41.6 Å². The van der Waals surface area contributed by atoms with Gasteiger partial charge in [0.05, 0.1) is 0 Å². The maximum Gasteiger partial charge on any atom is 0.116 e. The average molecular weight is 259 g/mol. The van der Waals surface area contributed by atoms with E-state index in [0.717, 1.165) is 17.5 Å². The van der Waals surface area contributed by atoms with Gasteiger partial charge in [-0.2, -0.15) is 15.4 Å². The number of aromatic nitrogens is 3. The Balaban J connectivity index is 1.78. The second kappa shape index (κ2) is 4.46. The van der Waals surface area contributed by atoms with Crippen molar-refractivity contribution in [1.82, 2.24) is 15.4 Å². The lowest BCUT2D eigenvalue weighted by Crippen LogP contribution is -1.90. The highest BCUT2D eigenvalue weighted by atomic mass is 15.3. The van der Waals surface area contributed by atoms with Crippen LogP contribution in [0.25, 0.3) is 21.8 Å². The van der Waals surface area contributed by atoms with Gasteiger partial charge >= 0.3 is 0 Å². The van der Waals surface area contributed by atoms with Crippen LogP contribution in [0.5, 0.6) is 0 Å². The molecule has 1 aromatic heterocycles. The van der Waals surface area contributed by atoms with Crippen LogP contribution in [0.1, 0.15) is 11.1 Å². The quantitative estimate of drug-likeness (QED) is 0.596. The van der Waals surface area contributed by atoms with Crippen LogP contribution in [0, 0.1) is 0 Å². The minimum Gasteiger partial charge on any atom is -0.197 e. The van der Waals surface area contributed by atoms with Gasteiger partial charge in [-0.3, -0.25) is 0 Å². The molecule has 0 saturated carbocycles. The minimum atomic E-state index is 0.870. The second-order valence-corrected chi connectivity index (χ2v) is 4.97. The molecule has 1 N–H and O–H groups in total. The molecular formula is C17H13N3. The third-order valence-corrected chi connectivity index (χ3v) is 3.64. The maximum absolute atomic E-state index is 4.24. The second-order valence-electron chi connectivity index (χ2n) is 4.97. The van der Waals surface area contributed by atoms with Crippen molar-refractivity contribution in [3.05, 3.63) is 71.8 Å². The summed E-state index contributed by atoms with van der Waals surface area (Å²) in [5.74, 6) is 0. The standard InChI is InChI=1S/C17H13N3/c1-2-5-14-10-12(8-9-13(14)4-1)11-15-6-3-7-16-17(15)19-20-18-16/h1-10H,11H2,(H,18,19,20). The number of hydrogen-bond donors (Lipinski definition) is 1. The molecule has 4 rings (SSSR count). The van der Waals surface area contributed by atoms with E-state index in [0.29, 0.717) is 0 Å². The summed E-state index contributed by atoms with van der Waals surface area (Å²) in [5.41, 5.74) is 4.37. The smallest absolute Gasteiger partial charge is 0.116 e. The number of nitrogens with zero attached hydrogens (tertiary/aromatic N) is 2. The molecule has 0 radical (unpaired) electrons. The highest BCUT2D eigenvalue weighted by Gasteiger charge is 2.05. The molecule has 3 aromatic carbocycles. The first-order chi connectivity index (χ1) is 9.90. The number of H-pyrrole nitrogens is 1. The Morgan fingerprint density at radius 1 is 0.800 bits per heavy atom. The Bertz CT molecular complexity index is 893. The predicted molar refractivity (Wildman–Crippen MR) is 80.6 cm³/mol. The summed E-state index contributed by atoms with van der Waals surface area (Å²) in [6.45, 7) is 0. The zero-order valence-electron chi connectivity index (χ0n) is 10.9. The van der Waals surface area contributed by atoms with Crippen molar-refractivity contribution in [1.29, 1.82) is 0 Å². The molecule has 20 heavy (non-hydrogen) atoms. The van der Waals surface area contributed by atoms with Crippen molar-refractivity contribution < 1.29 is 0 Å². The highest BCUT2D eigenvalue weighted by Crippen LogP contribution is 2.21. The third-order valence-electron chi connectivity index (χ3n) is 3.64. The van der Waals surface area contributed by atoms with E-state index in [-0.39, 0.29) is 0 Å². The first-order valence-corrected chi connectivity index (χ1v) is 6.66. The number of nitrogens with one attached hydrogen (secondary N) is 1. The average Bonchev–Trinajstić information content (AvgIpc) is 2.97. The molecule has 0 aliphatic rings. The lowest BCUT2D eigenvalue weighted by molar-refractivity contribution is 0.957. The van der Waals surface area contributed by atoms with Crippen LogP contribution in [-0.2, 0) is 6.42 Å². The molecule has 0 amide bonds. The lowest BCUT2D eigenvalue weighted by Gasteiger charge is -2.04. The molecule has 0 aliphatic carbocycles. The van der Waals surface area contributed by atoms with Crippen LogP contribution in [0.3, 0.4) is 0 Å². The van der Waals surface area contributed by atoms with Gasteiger partial charge in [0.1, 0.15) is 11.0 Å². The predicted octanol–water partition coefficient (Wildman–Crippen LogP) is 3.70. The van der Waals surface area contributed by atoms with E-state index in [1.54, 1.807) is 0 Å². The molecule has 3 heteroatoms. The summed E-state index contributed by atoms with van der Waals surface area (Å²) in [6.07, 6.45) is 0.870. The number of rotatable bonds is 2. The van der Waals surface area contributed by atoms with Crippen molar-refractivity contribution in [2.24, 2.45) is 0 Å². The Labute approximate surface area is 116 Å². The van der Waals surface area contributed by atoms with E-state index >= 15 is 0 Å². The Kier molecular flexibility index (Phi) is 2.49. The van der Waals surface area contributed by atoms with E-state index in [1.165, 1.54) is 21.9 Å². The van der Waals surface area contributed by atoms with Crippen LogP contribution in [0.15, 0.2) is 60.7 Å². The lowest BCUT2D eigenvalue weighted by atomic mass is 10.0. The third kappa shape index (κ3) is 1.84. The normalized spacial score (nSPS) is 11.2. The molecule has 0 aliphatic heterocycles. The molecule has 1 heterocycles. The Morgan fingerprint density at radius 3 is 2.65 bits per heavy atom. The van der Waals surface area contributed by atoms with Gasteiger partial charge in [0.2, 0.25) is 0 Å². The van der Waals surface area contributed by atoms with Gasteiger partial charge in [-0.15, -0.1) is 0 Å². The van der Waals surface area contributed by atoms with Crippen molar-refractivity contribution in [2.75, 3.05) is 0 Å². The number of para-hydroxylation sites is 1. The number of benzene rings is 3. The zero-order chi connectivity index (χ0) is 13.4. The first-order valence-electron chi connectivity index (χ1n) is 6.66. The number of hydrogen-bond acceptors (Lipinski definition) is 2. The van der Waals surface area contributed by atoms with Crippen LogP contribution in [0.4, 0.5) is 0 Å². The number of aromatic amines is 1. The Hall–Kier alpha value is -2.68. The van der Waals surface area contributed by atoms with Gasteiger partial charge < -0.3 is 0 Å². The number of fused-ring (bicyclic) bond motifs is 2. The molecule has 4 aromatic rings. The summed E-state index contributed by atoms with van der Waals surface area (Å²) in [6, 6.07) is 21.1. The van der Waals surface area contributed by atoms with Crippen LogP contribution in [0.2, 0.25) is 0 Å². The molecule has 0 unspecified atom stereocenters. The molecule has 0 fully saturated rings. The van der Waals surface area contributed by atoms with E-state index < -0.39 is 0 Å². The van der Waals surface area contributed by atoms with Gasteiger partial charge in [0, 0.05) is 0 Å². The zero-order valence-corrected chi connectivity index (χ0v) is 10.9. The van der Waals surface area contributed by atoms with E-state index in [1.807, 2.05) is 12.1 Å². The van der Waals surface area contributed by atoms with Crippen molar-refractivity contribution in [3.8, 4) is 0 Å². The summed E-state index contributed by atoms with van der Waals surface area (Å²) in [7, 11) is 0. The molecule has 0 bridgehead atoms. The van der Waals surface area contributed by atoms with E-state index in [2.05, 4.69) is 63.9 Å². The van der Waals surface area contributed by atoms with Crippen molar-refractivity contribution in [3.63, 3.8) is 0 Å². The van der Waals surface area contributed by atoms with Gasteiger partial charge in [-0.1, -0.05) is 54.6 Å². The fourth-order valence-corrected chi connectivity index (χ4v) is 2.64. The fraction of sp³-hybridized carbons (Fsp3) is 0.0588. The maximum atomic E-state index is 4.24. The molecule has 0 atom stereocenters. The van der Waals surface area contributed by atoms with E-state index in [4.69, 9.17) is 0 Å². The summed E-state index contributed by atoms with van der Waals surface area (Å²) >= 11 is 0. The molecule has 0 spiro atoms. The SMILES string of the molecule is c1ccc2cc(Cc3cccc4n[nH]nc34)ccc2c1. The Morgan fingerprint density at radius 2 is 1.70 bits per heavy atom. The van der Waals surface area contributed by atoms with E-state index in [9.17, 15) is 0 Å². The summed E-state index contributed by atoms with van der Waals surface area (Å²) in [5, 5.41) is 13.6. The fourth-order valence-electron chi connectivity index (χ4n) is 2.64. The van der Waals surface area contributed by atoms with Crippen LogP contribution < -0.4 is 0 Å². The van der Waals surface area contributed by atoms with Gasteiger partial charge in [-0.05, 0) is 34.4 Å². The molecule has 3 nitrogen and oxygen atoms in total. The first kappa shape index (κ1) is 11.2. The van der Waals surface area contributed by atoms with Gasteiger partial charge in [0.15, 0.2) is 0 Å². The minimum absolute atomic E-state index is 0.870. The van der Waals surface area contributed by atoms with Crippen LogP contribution in [-0.4, -0.2) is 15.4 Å². The van der Waals surface area contributed by atoms with Gasteiger partial charge in [-0.25, -0.2) is 0 Å². The molecule has 96 valence electrons. The van der Waals surface area contributed by atoms with Crippen LogP contribution >= 0.6 is 0 Å². The van der Waals surface area contributed by atoms with Crippen molar-refractivity contribution >= 4 is 21.8 Å². The monoisotopic (exact) mass is 259 g/mol. The molecular weight excluding hydrogens is 246 g/mol. The van der Waals surface area contributed by atoms with Gasteiger partial charge in [0.25, 0.3) is 0 Å². The highest BCUT2D eigenvalue weighted by molar-refractivity contribution is 5.83.